The van der Waals surface area contributed by atoms with Gasteiger partial charge in [-0.15, -0.1) is 0 Å². The van der Waals surface area contributed by atoms with Crippen molar-refractivity contribution in [1.82, 2.24) is 19.6 Å². The fraction of sp³-hybridized carbons (Fsp3) is 0. The highest BCUT2D eigenvalue weighted by molar-refractivity contribution is 6.09. The van der Waals surface area contributed by atoms with Gasteiger partial charge in [-0.2, -0.15) is 5.10 Å². The SMILES string of the molecule is c1ccc(-c2ccc3ccc4ccc(-c5ccc(-c6ccc7c(c6)cc(-c6ccccc6)n6nc(-c8ccccc8)c(-c8ccccc8)c76)cc5)nc4c3n2)cc1. The Labute approximate surface area is 330 Å². The molecule has 0 amide bonds. The van der Waals surface area contributed by atoms with Gasteiger partial charge in [0.1, 0.15) is 5.69 Å². The number of aromatic nitrogens is 4. The minimum Gasteiger partial charge on any atom is -0.245 e. The first kappa shape index (κ1) is 32.7. The maximum atomic E-state index is 5.37. The fourth-order valence-corrected chi connectivity index (χ4v) is 8.15. The lowest BCUT2D eigenvalue weighted by Gasteiger charge is -2.12. The molecule has 266 valence electrons. The van der Waals surface area contributed by atoms with Crippen molar-refractivity contribution in [3.05, 3.63) is 206 Å². The number of fused-ring (bicyclic) bond motifs is 6. The molecule has 4 aromatic heterocycles. The molecule has 0 spiro atoms. The first-order chi connectivity index (χ1) is 28.2. The largest absolute Gasteiger partial charge is 0.245 e. The zero-order valence-corrected chi connectivity index (χ0v) is 30.9. The second kappa shape index (κ2) is 13.6. The molecule has 4 heterocycles. The smallest absolute Gasteiger partial charge is 0.101 e. The summed E-state index contributed by atoms with van der Waals surface area (Å²) in [7, 11) is 0. The topological polar surface area (TPSA) is 43.1 Å². The summed E-state index contributed by atoms with van der Waals surface area (Å²) in [6, 6.07) is 72.7. The molecule has 0 bridgehead atoms. The Bertz CT molecular complexity index is 3250. The van der Waals surface area contributed by atoms with Crippen LogP contribution < -0.4 is 0 Å². The molecule has 0 fully saturated rings. The molecule has 4 nitrogen and oxygen atoms in total. The van der Waals surface area contributed by atoms with Crippen LogP contribution in [0.1, 0.15) is 0 Å². The molecule has 0 N–H and O–H groups in total. The van der Waals surface area contributed by atoms with Crippen molar-refractivity contribution in [3.8, 4) is 67.3 Å². The average Bonchev–Trinajstić information content (AvgIpc) is 3.70. The van der Waals surface area contributed by atoms with Crippen LogP contribution in [-0.4, -0.2) is 19.6 Å². The summed E-state index contributed by atoms with van der Waals surface area (Å²) in [5, 5.41) is 9.83. The molecule has 11 aromatic rings. The van der Waals surface area contributed by atoms with E-state index in [4.69, 9.17) is 15.1 Å². The van der Waals surface area contributed by atoms with Gasteiger partial charge in [-0.1, -0.05) is 182 Å². The van der Waals surface area contributed by atoms with Crippen LogP contribution in [0.4, 0.5) is 0 Å². The summed E-state index contributed by atoms with van der Waals surface area (Å²) in [4.78, 5) is 10.3. The van der Waals surface area contributed by atoms with Gasteiger partial charge in [-0.05, 0) is 46.3 Å². The van der Waals surface area contributed by atoms with Crippen LogP contribution in [0, 0.1) is 0 Å². The predicted octanol–water partition coefficient (Wildman–Crippen LogP) is 13.6. The number of pyridine rings is 3. The molecule has 0 aliphatic heterocycles. The first-order valence-electron chi connectivity index (χ1n) is 19.3. The second-order valence-corrected chi connectivity index (χ2v) is 14.5. The highest BCUT2D eigenvalue weighted by Gasteiger charge is 2.22. The lowest BCUT2D eigenvalue weighted by Crippen LogP contribution is -1.96. The van der Waals surface area contributed by atoms with Crippen molar-refractivity contribution in [2.45, 2.75) is 0 Å². The number of hydrogen-bond donors (Lipinski definition) is 0. The zero-order valence-electron chi connectivity index (χ0n) is 30.9. The molecular weight excluding hydrogens is 693 g/mol. The predicted molar refractivity (Wildman–Crippen MR) is 236 cm³/mol. The third-order valence-electron chi connectivity index (χ3n) is 11.0. The Hall–Kier alpha value is -7.69. The molecule has 0 atom stereocenters. The van der Waals surface area contributed by atoms with Crippen molar-refractivity contribution >= 4 is 38.1 Å². The minimum atomic E-state index is 0.909. The quantitative estimate of drug-likeness (QED) is 0.160. The van der Waals surface area contributed by atoms with Crippen LogP contribution in [0.2, 0.25) is 0 Å². The van der Waals surface area contributed by atoms with E-state index in [9.17, 15) is 0 Å². The van der Waals surface area contributed by atoms with Crippen LogP contribution in [0.5, 0.6) is 0 Å². The van der Waals surface area contributed by atoms with Gasteiger partial charge in [0.05, 0.1) is 33.6 Å². The number of hydrogen-bond acceptors (Lipinski definition) is 3. The van der Waals surface area contributed by atoms with Gasteiger partial charge in [0.25, 0.3) is 0 Å². The normalized spacial score (nSPS) is 11.5. The van der Waals surface area contributed by atoms with E-state index in [1.54, 1.807) is 0 Å². The highest BCUT2D eigenvalue weighted by Crippen LogP contribution is 2.42. The molecule has 0 saturated carbocycles. The van der Waals surface area contributed by atoms with Crippen LogP contribution in [0.3, 0.4) is 0 Å². The van der Waals surface area contributed by atoms with Gasteiger partial charge in [-0.3, -0.25) is 0 Å². The molecule has 11 rings (SSSR count). The molecule has 0 aliphatic carbocycles. The van der Waals surface area contributed by atoms with Gasteiger partial charge in [0.15, 0.2) is 0 Å². The Morgan fingerprint density at radius 2 is 0.807 bits per heavy atom. The summed E-state index contributed by atoms with van der Waals surface area (Å²) in [5.41, 5.74) is 15.7. The molecule has 4 heteroatoms. The van der Waals surface area contributed by atoms with E-state index in [1.807, 2.05) is 18.2 Å². The van der Waals surface area contributed by atoms with Crippen molar-refractivity contribution < 1.29 is 0 Å². The van der Waals surface area contributed by atoms with Crippen LogP contribution in [-0.2, 0) is 0 Å². The summed E-state index contributed by atoms with van der Waals surface area (Å²) in [6.07, 6.45) is 0. The van der Waals surface area contributed by atoms with E-state index < -0.39 is 0 Å². The van der Waals surface area contributed by atoms with Crippen molar-refractivity contribution in [2.24, 2.45) is 0 Å². The summed E-state index contributed by atoms with van der Waals surface area (Å²) < 4.78 is 2.15. The van der Waals surface area contributed by atoms with Gasteiger partial charge in [0, 0.05) is 44.0 Å². The van der Waals surface area contributed by atoms with Crippen LogP contribution >= 0.6 is 0 Å². The Morgan fingerprint density at radius 1 is 0.333 bits per heavy atom. The van der Waals surface area contributed by atoms with Crippen LogP contribution in [0.15, 0.2) is 206 Å². The van der Waals surface area contributed by atoms with E-state index in [-0.39, 0.29) is 0 Å². The zero-order chi connectivity index (χ0) is 37.7. The third kappa shape index (κ3) is 5.74. The van der Waals surface area contributed by atoms with E-state index in [2.05, 4.69) is 193 Å². The van der Waals surface area contributed by atoms with E-state index in [0.29, 0.717) is 0 Å². The van der Waals surface area contributed by atoms with E-state index >= 15 is 0 Å². The Kier molecular flexibility index (Phi) is 7.78. The maximum Gasteiger partial charge on any atom is 0.101 e. The van der Waals surface area contributed by atoms with Gasteiger partial charge >= 0.3 is 0 Å². The number of benzene rings is 7. The van der Waals surface area contributed by atoms with E-state index in [1.165, 1.54) is 0 Å². The van der Waals surface area contributed by atoms with Gasteiger partial charge in [0.2, 0.25) is 0 Å². The first-order valence-corrected chi connectivity index (χ1v) is 19.3. The molecule has 0 unspecified atom stereocenters. The Morgan fingerprint density at radius 3 is 1.40 bits per heavy atom. The lowest BCUT2D eigenvalue weighted by molar-refractivity contribution is 0.979. The summed E-state index contributed by atoms with van der Waals surface area (Å²) >= 11 is 0. The monoisotopic (exact) mass is 726 g/mol. The maximum absolute atomic E-state index is 5.37. The van der Waals surface area contributed by atoms with Crippen molar-refractivity contribution in [2.75, 3.05) is 0 Å². The number of rotatable bonds is 6. The average molecular weight is 727 g/mol. The molecule has 7 aromatic carbocycles. The van der Waals surface area contributed by atoms with Crippen molar-refractivity contribution in [1.29, 1.82) is 0 Å². The molecular formula is C53H34N4. The standard InChI is InChI=1S/C53H34N4/c1-5-13-36(14-6-1)46-31-28-41-25-26-42-29-32-47(55-52(42)51(41)54-46)37-23-21-35(22-24-37)43-27-30-45-44(33-43)34-48(38-15-7-2-8-16-38)57-53(45)49(39-17-9-3-10-18-39)50(56-57)40-19-11-4-12-20-40/h1-34H. The summed E-state index contributed by atoms with van der Waals surface area (Å²) in [5.74, 6) is 0. The molecule has 0 aliphatic rings. The minimum absolute atomic E-state index is 0.909. The van der Waals surface area contributed by atoms with Crippen molar-refractivity contribution in [3.63, 3.8) is 0 Å². The number of nitrogens with zero attached hydrogens (tertiary/aromatic N) is 4. The van der Waals surface area contributed by atoms with Gasteiger partial charge < -0.3 is 0 Å². The summed E-state index contributed by atoms with van der Waals surface area (Å²) in [6.45, 7) is 0. The highest BCUT2D eigenvalue weighted by atomic mass is 15.2. The third-order valence-corrected chi connectivity index (χ3v) is 11.0. The van der Waals surface area contributed by atoms with E-state index in [0.717, 1.165) is 105 Å². The second-order valence-electron chi connectivity index (χ2n) is 14.5. The van der Waals surface area contributed by atoms with Gasteiger partial charge in [-0.25, -0.2) is 14.5 Å². The molecule has 0 radical (unpaired) electrons. The lowest BCUT2D eigenvalue weighted by atomic mass is 9.95. The molecule has 0 saturated heterocycles. The fourth-order valence-electron chi connectivity index (χ4n) is 8.15. The molecule has 57 heavy (non-hydrogen) atoms. The Balaban J connectivity index is 1.03. The van der Waals surface area contributed by atoms with Crippen LogP contribution in [0.25, 0.3) is 105 Å².